The summed E-state index contributed by atoms with van der Waals surface area (Å²) in [5, 5.41) is 0. The van der Waals surface area contributed by atoms with Crippen LogP contribution in [0.4, 0.5) is 0 Å². The zero-order valence-corrected chi connectivity index (χ0v) is 8.30. The molecule has 1 fully saturated rings. The smallest absolute Gasteiger partial charge is 0.00920 e. The van der Waals surface area contributed by atoms with Gasteiger partial charge in [0.25, 0.3) is 0 Å². The predicted molar refractivity (Wildman–Crippen MR) is 49.7 cm³/mol. The summed E-state index contributed by atoms with van der Waals surface area (Å²) in [6.45, 7) is 4.70. The minimum Gasteiger partial charge on any atom is -0.306 e. The molecule has 0 N–H and O–H groups in total. The van der Waals surface area contributed by atoms with Crippen LogP contribution in [0, 0.1) is 11.8 Å². The van der Waals surface area contributed by atoms with E-state index in [9.17, 15) is 0 Å². The molecule has 0 amide bonds. The van der Waals surface area contributed by atoms with Crippen LogP contribution in [0.1, 0.15) is 33.1 Å². The molecule has 11 heavy (non-hydrogen) atoms. The fourth-order valence-corrected chi connectivity index (χ4v) is 2.07. The van der Waals surface area contributed by atoms with Crippen molar-refractivity contribution in [2.75, 3.05) is 14.1 Å². The first-order valence-corrected chi connectivity index (χ1v) is 4.77. The molecule has 2 atom stereocenters. The first-order valence-electron chi connectivity index (χ1n) is 4.77. The van der Waals surface area contributed by atoms with Gasteiger partial charge >= 0.3 is 0 Å². The van der Waals surface area contributed by atoms with Gasteiger partial charge in [0.2, 0.25) is 0 Å². The first kappa shape index (κ1) is 9.05. The van der Waals surface area contributed by atoms with Gasteiger partial charge in [-0.05, 0) is 45.2 Å². The van der Waals surface area contributed by atoms with E-state index in [0.717, 1.165) is 17.9 Å². The Morgan fingerprint density at radius 1 is 1.18 bits per heavy atom. The van der Waals surface area contributed by atoms with Gasteiger partial charge in [-0.25, -0.2) is 0 Å². The minimum atomic E-state index is 0.863. The van der Waals surface area contributed by atoms with Gasteiger partial charge in [-0.2, -0.15) is 0 Å². The second kappa shape index (κ2) is 3.57. The molecule has 0 bridgehead atoms. The van der Waals surface area contributed by atoms with Crippen molar-refractivity contribution in [3.63, 3.8) is 0 Å². The number of rotatable bonds is 2. The molecule has 0 aliphatic heterocycles. The molecule has 1 rings (SSSR count). The van der Waals surface area contributed by atoms with Crippen LogP contribution in [-0.4, -0.2) is 25.0 Å². The molecule has 0 aromatic carbocycles. The van der Waals surface area contributed by atoms with Crippen molar-refractivity contribution in [2.24, 2.45) is 11.8 Å². The average Bonchev–Trinajstić information content (AvgIpc) is 2.33. The van der Waals surface area contributed by atoms with E-state index < -0.39 is 0 Å². The highest BCUT2D eigenvalue weighted by atomic mass is 15.1. The van der Waals surface area contributed by atoms with Crippen LogP contribution < -0.4 is 0 Å². The van der Waals surface area contributed by atoms with Crippen molar-refractivity contribution in [2.45, 2.75) is 39.2 Å². The minimum absolute atomic E-state index is 0.863. The second-order valence-corrected chi connectivity index (χ2v) is 4.43. The quantitative estimate of drug-likeness (QED) is 0.592. The summed E-state index contributed by atoms with van der Waals surface area (Å²) in [5.41, 5.74) is 0. The number of hydrogen-bond acceptors (Lipinski definition) is 1. The van der Waals surface area contributed by atoms with Crippen molar-refractivity contribution >= 4 is 0 Å². The van der Waals surface area contributed by atoms with E-state index in [2.05, 4.69) is 32.8 Å². The Morgan fingerprint density at radius 2 is 1.82 bits per heavy atom. The molecule has 0 unspecified atom stereocenters. The standard InChI is InChI=1S/C10H21N/c1-8(2)9-5-6-10(7-9)11(3)4/h8-10H,5-7H2,1-4H3/t9-,10-/m0/s1. The van der Waals surface area contributed by atoms with Gasteiger partial charge in [-0.15, -0.1) is 0 Å². The normalized spacial score (nSPS) is 32.2. The van der Waals surface area contributed by atoms with Crippen molar-refractivity contribution in [3.8, 4) is 0 Å². The molecule has 0 spiro atoms. The van der Waals surface area contributed by atoms with Crippen LogP contribution in [0.25, 0.3) is 0 Å². The van der Waals surface area contributed by atoms with Crippen LogP contribution in [0.5, 0.6) is 0 Å². The molecule has 66 valence electrons. The maximum Gasteiger partial charge on any atom is 0.00920 e. The van der Waals surface area contributed by atoms with Gasteiger partial charge in [0.05, 0.1) is 0 Å². The molecule has 1 aliphatic rings. The molecule has 1 aliphatic carbocycles. The Balaban J connectivity index is 2.35. The molecule has 1 saturated carbocycles. The Hall–Kier alpha value is -0.0400. The van der Waals surface area contributed by atoms with Crippen LogP contribution in [-0.2, 0) is 0 Å². The highest BCUT2D eigenvalue weighted by Gasteiger charge is 2.27. The summed E-state index contributed by atoms with van der Waals surface area (Å²) in [6, 6.07) is 0.863. The maximum atomic E-state index is 2.38. The summed E-state index contributed by atoms with van der Waals surface area (Å²) in [5.74, 6) is 1.88. The monoisotopic (exact) mass is 155 g/mol. The van der Waals surface area contributed by atoms with E-state index in [4.69, 9.17) is 0 Å². The van der Waals surface area contributed by atoms with Gasteiger partial charge in [-0.3, -0.25) is 0 Å². The van der Waals surface area contributed by atoms with Gasteiger partial charge < -0.3 is 4.90 Å². The molecule has 0 saturated heterocycles. The van der Waals surface area contributed by atoms with Crippen LogP contribution >= 0.6 is 0 Å². The van der Waals surface area contributed by atoms with E-state index in [1.54, 1.807) is 0 Å². The Labute approximate surface area is 70.8 Å². The largest absolute Gasteiger partial charge is 0.306 e. The van der Waals surface area contributed by atoms with Crippen LogP contribution in [0.2, 0.25) is 0 Å². The van der Waals surface area contributed by atoms with E-state index >= 15 is 0 Å². The van der Waals surface area contributed by atoms with E-state index in [1.807, 2.05) is 0 Å². The summed E-state index contributed by atoms with van der Waals surface area (Å²) in [7, 11) is 4.40. The second-order valence-electron chi connectivity index (χ2n) is 4.43. The van der Waals surface area contributed by atoms with Crippen molar-refractivity contribution < 1.29 is 0 Å². The van der Waals surface area contributed by atoms with Crippen molar-refractivity contribution in [1.29, 1.82) is 0 Å². The van der Waals surface area contributed by atoms with E-state index in [-0.39, 0.29) is 0 Å². The highest BCUT2D eigenvalue weighted by Crippen LogP contribution is 2.33. The molecule has 0 aromatic heterocycles. The summed E-state index contributed by atoms with van der Waals surface area (Å²) in [6.07, 6.45) is 4.28. The summed E-state index contributed by atoms with van der Waals surface area (Å²) < 4.78 is 0. The first-order chi connectivity index (χ1) is 5.11. The molecule has 0 aromatic rings. The summed E-state index contributed by atoms with van der Waals surface area (Å²) >= 11 is 0. The highest BCUT2D eigenvalue weighted by molar-refractivity contribution is 4.81. The Morgan fingerprint density at radius 3 is 2.09 bits per heavy atom. The lowest BCUT2D eigenvalue weighted by atomic mass is 9.94. The average molecular weight is 155 g/mol. The third kappa shape index (κ3) is 2.19. The predicted octanol–water partition coefficient (Wildman–Crippen LogP) is 2.37. The van der Waals surface area contributed by atoms with Gasteiger partial charge in [-0.1, -0.05) is 13.8 Å². The zero-order valence-electron chi connectivity index (χ0n) is 8.30. The third-order valence-electron chi connectivity index (χ3n) is 3.12. The molecule has 0 heterocycles. The lowest BCUT2D eigenvalue weighted by Crippen LogP contribution is -2.25. The van der Waals surface area contributed by atoms with Crippen LogP contribution in [0.3, 0.4) is 0 Å². The van der Waals surface area contributed by atoms with Crippen molar-refractivity contribution in [3.05, 3.63) is 0 Å². The molecular weight excluding hydrogens is 134 g/mol. The topological polar surface area (TPSA) is 3.24 Å². The van der Waals surface area contributed by atoms with Crippen LogP contribution in [0.15, 0.2) is 0 Å². The van der Waals surface area contributed by atoms with Gasteiger partial charge in [0.1, 0.15) is 0 Å². The number of nitrogens with zero attached hydrogens (tertiary/aromatic N) is 1. The Bertz CT molecular complexity index is 104. The zero-order chi connectivity index (χ0) is 8.43. The Kier molecular flexibility index (Phi) is 2.94. The summed E-state index contributed by atoms with van der Waals surface area (Å²) in [4.78, 5) is 2.38. The lowest BCUT2D eigenvalue weighted by Gasteiger charge is -2.20. The van der Waals surface area contributed by atoms with E-state index in [1.165, 1.54) is 19.3 Å². The lowest BCUT2D eigenvalue weighted by molar-refractivity contribution is 0.279. The fraction of sp³-hybridized carbons (Fsp3) is 1.00. The SMILES string of the molecule is CC(C)[C@H]1CC[C@H](N(C)C)C1. The van der Waals surface area contributed by atoms with E-state index in [0.29, 0.717) is 0 Å². The molecule has 1 nitrogen and oxygen atoms in total. The maximum absolute atomic E-state index is 2.38. The molecule has 0 radical (unpaired) electrons. The van der Waals surface area contributed by atoms with Gasteiger partial charge in [0.15, 0.2) is 0 Å². The number of hydrogen-bond donors (Lipinski definition) is 0. The third-order valence-corrected chi connectivity index (χ3v) is 3.12. The molecular formula is C10H21N. The van der Waals surface area contributed by atoms with Crippen molar-refractivity contribution in [1.82, 2.24) is 4.90 Å². The fourth-order valence-electron chi connectivity index (χ4n) is 2.07. The van der Waals surface area contributed by atoms with Gasteiger partial charge in [0, 0.05) is 6.04 Å². The molecule has 1 heteroatoms.